The molecule has 0 unspecified atom stereocenters. The minimum atomic E-state index is -0.594. The Balaban J connectivity index is 0.00000208. The minimum absolute atomic E-state index is 0. The largest absolute Gasteiger partial charge is 0.503 e. The highest BCUT2D eigenvalue weighted by Gasteiger charge is 2.12. The van der Waals surface area contributed by atoms with Crippen molar-refractivity contribution in [2.24, 2.45) is 0 Å². The topological polar surface area (TPSA) is 72.9 Å². The molecule has 126 valence electrons. The zero-order valence-electron chi connectivity index (χ0n) is 12.6. The first kappa shape index (κ1) is 17.9. The Labute approximate surface area is 147 Å². The Morgan fingerprint density at radius 1 is 1.17 bits per heavy atom. The van der Waals surface area contributed by atoms with Gasteiger partial charge in [0.1, 0.15) is 5.75 Å². The lowest BCUT2D eigenvalue weighted by molar-refractivity contribution is 0.408. The predicted octanol–water partition coefficient (Wildman–Crippen LogP) is 2.30. The third kappa shape index (κ3) is 3.11. The molecule has 0 saturated heterocycles. The summed E-state index contributed by atoms with van der Waals surface area (Å²) in [7, 11) is 1.52. The maximum absolute atomic E-state index is 12.5. The van der Waals surface area contributed by atoms with Gasteiger partial charge in [-0.1, -0.05) is 17.7 Å². The number of halogens is 2. The number of rotatable bonds is 3. The van der Waals surface area contributed by atoms with Gasteiger partial charge in [-0.3, -0.25) is 9.59 Å². The van der Waals surface area contributed by atoms with E-state index in [1.165, 1.54) is 28.3 Å². The summed E-state index contributed by atoms with van der Waals surface area (Å²) < 4.78 is 8.06. The number of methoxy groups -OCH3 is 1. The number of ether oxygens (including phenoxy) is 1. The Hall–Kier alpha value is -2.44. The van der Waals surface area contributed by atoms with E-state index in [1.54, 1.807) is 30.6 Å². The van der Waals surface area contributed by atoms with Crippen molar-refractivity contribution in [2.75, 3.05) is 7.11 Å². The van der Waals surface area contributed by atoms with E-state index in [1.807, 2.05) is 0 Å². The van der Waals surface area contributed by atoms with Crippen LogP contribution in [0.4, 0.5) is 0 Å². The van der Waals surface area contributed by atoms with E-state index < -0.39 is 16.7 Å². The van der Waals surface area contributed by atoms with Crippen LogP contribution in [0.15, 0.2) is 52.4 Å². The van der Waals surface area contributed by atoms with Gasteiger partial charge in [-0.15, -0.1) is 12.4 Å². The molecule has 0 aliphatic carbocycles. The van der Waals surface area contributed by atoms with Crippen LogP contribution in [0, 0.1) is 0 Å². The molecule has 2 aromatic heterocycles. The number of fused-ring (bicyclic) bond motifs is 1. The molecule has 0 radical (unpaired) electrons. The number of pyridine rings is 1. The van der Waals surface area contributed by atoms with Gasteiger partial charge in [0.15, 0.2) is 11.3 Å². The highest BCUT2D eigenvalue weighted by Crippen LogP contribution is 2.23. The lowest BCUT2D eigenvalue weighted by Gasteiger charge is -2.12. The van der Waals surface area contributed by atoms with Crippen molar-refractivity contribution in [2.45, 2.75) is 6.54 Å². The molecule has 6 nitrogen and oxygen atoms in total. The highest BCUT2D eigenvalue weighted by molar-refractivity contribution is 6.30. The fourth-order valence-electron chi connectivity index (χ4n) is 2.39. The van der Waals surface area contributed by atoms with Crippen molar-refractivity contribution in [3.63, 3.8) is 0 Å². The molecule has 8 heteroatoms. The molecule has 1 aromatic carbocycles. The molecule has 0 atom stereocenters. The minimum Gasteiger partial charge on any atom is -0.503 e. The first-order chi connectivity index (χ1) is 11.0. The number of aromatic nitrogens is 2. The van der Waals surface area contributed by atoms with Gasteiger partial charge in [0.05, 0.1) is 13.7 Å². The van der Waals surface area contributed by atoms with E-state index in [0.29, 0.717) is 10.8 Å². The van der Waals surface area contributed by atoms with Crippen molar-refractivity contribution in [3.8, 4) is 11.5 Å². The summed E-state index contributed by atoms with van der Waals surface area (Å²) in [5, 5.41) is 10.4. The fourth-order valence-corrected chi connectivity index (χ4v) is 2.55. The van der Waals surface area contributed by atoms with E-state index in [-0.39, 0.29) is 24.5 Å². The summed E-state index contributed by atoms with van der Waals surface area (Å²) in [5.74, 6) is -0.00568. The third-order valence-corrected chi connectivity index (χ3v) is 3.80. The monoisotopic (exact) mass is 368 g/mol. The number of nitrogens with zero attached hydrogens (tertiary/aromatic N) is 2. The number of hydrogen-bond acceptors (Lipinski definition) is 4. The first-order valence-electron chi connectivity index (χ1n) is 6.77. The molecule has 3 rings (SSSR count). The smallest absolute Gasteiger partial charge is 0.279 e. The van der Waals surface area contributed by atoms with Gasteiger partial charge in [0, 0.05) is 35.2 Å². The molecule has 0 fully saturated rings. The number of benzene rings is 1. The molecule has 0 spiro atoms. The molecular formula is C16H14Cl2N2O4. The SMILES string of the molecule is COc1cc(Cl)ccc1Cn1ccn2ccc(=O)c(O)c2c1=O.Cl. The van der Waals surface area contributed by atoms with Gasteiger partial charge < -0.3 is 18.8 Å². The molecule has 3 aromatic rings. The van der Waals surface area contributed by atoms with Gasteiger partial charge in [-0.05, 0) is 12.1 Å². The third-order valence-electron chi connectivity index (χ3n) is 3.56. The first-order valence-corrected chi connectivity index (χ1v) is 7.15. The Kier molecular flexibility index (Phi) is 5.21. The van der Waals surface area contributed by atoms with E-state index in [0.717, 1.165) is 5.56 Å². The van der Waals surface area contributed by atoms with Crippen LogP contribution in [-0.2, 0) is 6.54 Å². The van der Waals surface area contributed by atoms with E-state index >= 15 is 0 Å². The average Bonchev–Trinajstić information content (AvgIpc) is 2.54. The Bertz CT molecular complexity index is 1010. The number of hydrogen-bond donors (Lipinski definition) is 1. The molecule has 2 heterocycles. The maximum Gasteiger partial charge on any atom is 0.279 e. The summed E-state index contributed by atoms with van der Waals surface area (Å²) >= 11 is 5.93. The Morgan fingerprint density at radius 3 is 2.62 bits per heavy atom. The molecule has 0 bridgehead atoms. The van der Waals surface area contributed by atoms with Crippen molar-refractivity contribution < 1.29 is 9.84 Å². The second-order valence-electron chi connectivity index (χ2n) is 4.97. The van der Waals surface area contributed by atoms with Gasteiger partial charge in [-0.25, -0.2) is 0 Å². The summed E-state index contributed by atoms with van der Waals surface area (Å²) in [5.41, 5.74) is -0.377. The Morgan fingerprint density at radius 2 is 1.92 bits per heavy atom. The van der Waals surface area contributed by atoms with Gasteiger partial charge in [-0.2, -0.15) is 0 Å². The van der Waals surface area contributed by atoms with E-state index in [4.69, 9.17) is 16.3 Å². The van der Waals surface area contributed by atoms with E-state index in [2.05, 4.69) is 0 Å². The molecule has 1 N–H and O–H groups in total. The molecule has 0 amide bonds. The van der Waals surface area contributed by atoms with Crippen LogP contribution in [0.5, 0.6) is 11.5 Å². The van der Waals surface area contributed by atoms with Crippen molar-refractivity contribution >= 4 is 29.5 Å². The second-order valence-corrected chi connectivity index (χ2v) is 5.41. The van der Waals surface area contributed by atoms with Crippen molar-refractivity contribution in [3.05, 3.63) is 74.0 Å². The zero-order chi connectivity index (χ0) is 16.6. The molecule has 0 aliphatic heterocycles. The molecule has 24 heavy (non-hydrogen) atoms. The molecular weight excluding hydrogens is 355 g/mol. The summed E-state index contributed by atoms with van der Waals surface area (Å²) in [4.78, 5) is 24.1. The van der Waals surface area contributed by atoms with Crippen LogP contribution in [0.25, 0.3) is 5.52 Å². The summed E-state index contributed by atoms with van der Waals surface area (Å²) in [6.45, 7) is 0.220. The van der Waals surface area contributed by atoms with Crippen LogP contribution >= 0.6 is 24.0 Å². The lowest BCUT2D eigenvalue weighted by atomic mass is 10.2. The van der Waals surface area contributed by atoms with Gasteiger partial charge >= 0.3 is 0 Å². The zero-order valence-corrected chi connectivity index (χ0v) is 14.2. The second kappa shape index (κ2) is 6.98. The van der Waals surface area contributed by atoms with Gasteiger partial charge in [0.25, 0.3) is 5.56 Å². The summed E-state index contributed by atoms with van der Waals surface area (Å²) in [6.07, 6.45) is 4.61. The normalized spacial score (nSPS) is 10.4. The van der Waals surface area contributed by atoms with Crippen LogP contribution in [0.1, 0.15) is 5.56 Å². The van der Waals surface area contributed by atoms with Crippen LogP contribution < -0.4 is 15.7 Å². The quantitative estimate of drug-likeness (QED) is 0.769. The summed E-state index contributed by atoms with van der Waals surface area (Å²) in [6, 6.07) is 6.32. The lowest BCUT2D eigenvalue weighted by Crippen LogP contribution is -2.24. The fraction of sp³-hybridized carbons (Fsp3) is 0.125. The van der Waals surface area contributed by atoms with Gasteiger partial charge in [0.2, 0.25) is 5.43 Å². The van der Waals surface area contributed by atoms with Crippen LogP contribution in [0.2, 0.25) is 5.02 Å². The van der Waals surface area contributed by atoms with Crippen molar-refractivity contribution in [1.82, 2.24) is 8.97 Å². The van der Waals surface area contributed by atoms with Crippen molar-refractivity contribution in [1.29, 1.82) is 0 Å². The van der Waals surface area contributed by atoms with Crippen LogP contribution in [-0.4, -0.2) is 21.2 Å². The molecule has 0 saturated carbocycles. The average molecular weight is 369 g/mol. The standard InChI is InChI=1S/C16H13ClN2O4.ClH/c1-23-13-8-11(17)3-2-10(13)9-19-7-6-18-5-4-12(20)15(21)14(18)16(19)22;/h2-8,21H,9H2,1H3;1H. The van der Waals surface area contributed by atoms with E-state index in [9.17, 15) is 14.7 Å². The maximum atomic E-state index is 12.5. The predicted molar refractivity (Wildman–Crippen MR) is 93.9 cm³/mol. The van der Waals surface area contributed by atoms with Crippen LogP contribution in [0.3, 0.4) is 0 Å². The highest BCUT2D eigenvalue weighted by atomic mass is 35.5. The number of aromatic hydroxyl groups is 1. The molecule has 0 aliphatic rings.